The van der Waals surface area contributed by atoms with Gasteiger partial charge in [-0.15, -0.1) is 11.3 Å². The quantitative estimate of drug-likeness (QED) is 0.178. The van der Waals surface area contributed by atoms with Crippen LogP contribution in [-0.2, 0) is 23.7 Å². The molecule has 1 heterocycles. The summed E-state index contributed by atoms with van der Waals surface area (Å²) in [5.41, 5.74) is 7.31. The molecular weight excluding hydrogens is 490 g/mol. The van der Waals surface area contributed by atoms with Crippen LogP contribution in [0.4, 0.5) is 10.7 Å². The SMILES string of the molecule is Nc1sccc1C(=O)NCCOCCOCCOCCOCCOCCNc1ccc(C(=O)O)cc1. The normalized spacial score (nSPS) is 10.9. The second kappa shape index (κ2) is 18.5. The van der Waals surface area contributed by atoms with Crippen LogP contribution >= 0.6 is 11.3 Å². The molecule has 0 unspecified atom stereocenters. The average Bonchev–Trinajstić information content (AvgIpc) is 3.31. The smallest absolute Gasteiger partial charge is 0.335 e. The Hall–Kier alpha value is -2.74. The van der Waals surface area contributed by atoms with Crippen molar-refractivity contribution >= 4 is 33.9 Å². The topological polar surface area (TPSA) is 151 Å². The molecule has 2 rings (SSSR count). The van der Waals surface area contributed by atoms with Gasteiger partial charge in [-0.25, -0.2) is 4.79 Å². The van der Waals surface area contributed by atoms with Gasteiger partial charge in [0.15, 0.2) is 0 Å². The van der Waals surface area contributed by atoms with Crippen LogP contribution in [0.15, 0.2) is 35.7 Å². The Kier molecular flexibility index (Phi) is 15.2. The van der Waals surface area contributed by atoms with Crippen molar-refractivity contribution in [3.63, 3.8) is 0 Å². The van der Waals surface area contributed by atoms with Crippen LogP contribution in [0.5, 0.6) is 0 Å². The molecule has 0 spiro atoms. The number of ether oxygens (including phenoxy) is 5. The molecule has 0 saturated heterocycles. The fraction of sp³-hybridized carbons (Fsp3) is 0.500. The van der Waals surface area contributed by atoms with Crippen molar-refractivity contribution in [1.82, 2.24) is 5.32 Å². The lowest BCUT2D eigenvalue weighted by atomic mass is 10.2. The Balaban J connectivity index is 1.26. The maximum Gasteiger partial charge on any atom is 0.335 e. The fourth-order valence-electron chi connectivity index (χ4n) is 2.82. The second-order valence-corrected chi connectivity index (χ2v) is 8.27. The van der Waals surface area contributed by atoms with E-state index in [9.17, 15) is 9.59 Å². The number of aromatic carboxylic acids is 1. The van der Waals surface area contributed by atoms with Crippen molar-refractivity contribution in [2.24, 2.45) is 0 Å². The molecule has 1 amide bonds. The van der Waals surface area contributed by atoms with E-state index >= 15 is 0 Å². The van der Waals surface area contributed by atoms with Crippen molar-refractivity contribution < 1.29 is 38.4 Å². The molecule has 0 radical (unpaired) electrons. The van der Waals surface area contributed by atoms with Gasteiger partial charge >= 0.3 is 5.97 Å². The zero-order valence-electron chi connectivity index (χ0n) is 20.2. The summed E-state index contributed by atoms with van der Waals surface area (Å²) in [5.74, 6) is -1.14. The molecule has 36 heavy (non-hydrogen) atoms. The van der Waals surface area contributed by atoms with Gasteiger partial charge in [0.05, 0.1) is 82.2 Å². The molecule has 11 nitrogen and oxygen atoms in total. The highest BCUT2D eigenvalue weighted by molar-refractivity contribution is 7.14. The number of carbonyl (C=O) groups excluding carboxylic acids is 1. The summed E-state index contributed by atoms with van der Waals surface area (Å²) in [5, 5.41) is 17.1. The lowest BCUT2D eigenvalue weighted by Gasteiger charge is -2.09. The predicted molar refractivity (Wildman–Crippen MR) is 137 cm³/mol. The minimum absolute atomic E-state index is 0.196. The first-order valence-electron chi connectivity index (χ1n) is 11.6. The summed E-state index contributed by atoms with van der Waals surface area (Å²) in [4.78, 5) is 22.7. The summed E-state index contributed by atoms with van der Waals surface area (Å²) < 4.78 is 27.2. The Morgan fingerprint density at radius 1 is 0.750 bits per heavy atom. The molecule has 200 valence electrons. The van der Waals surface area contributed by atoms with Crippen LogP contribution in [0.25, 0.3) is 0 Å². The zero-order valence-corrected chi connectivity index (χ0v) is 21.1. The second-order valence-electron chi connectivity index (χ2n) is 7.33. The number of carboxylic acids is 1. The van der Waals surface area contributed by atoms with Gasteiger partial charge in [-0.05, 0) is 35.7 Å². The molecule has 0 bridgehead atoms. The molecule has 12 heteroatoms. The van der Waals surface area contributed by atoms with Gasteiger partial charge < -0.3 is 45.2 Å². The summed E-state index contributed by atoms with van der Waals surface area (Å²) in [6.07, 6.45) is 0. The molecule has 2 aromatic rings. The number of hydrogen-bond donors (Lipinski definition) is 4. The monoisotopic (exact) mass is 525 g/mol. The van der Waals surface area contributed by atoms with Crippen LogP contribution in [-0.4, -0.2) is 96.1 Å². The fourth-order valence-corrected chi connectivity index (χ4v) is 3.46. The number of nitrogens with one attached hydrogen (secondary N) is 2. The molecule has 5 N–H and O–H groups in total. The van der Waals surface area contributed by atoms with Gasteiger partial charge in [-0.1, -0.05) is 0 Å². The maximum absolute atomic E-state index is 11.9. The molecule has 0 aliphatic carbocycles. The van der Waals surface area contributed by atoms with E-state index in [0.29, 0.717) is 89.7 Å². The van der Waals surface area contributed by atoms with Gasteiger partial charge in [0.2, 0.25) is 0 Å². The largest absolute Gasteiger partial charge is 0.478 e. The van der Waals surface area contributed by atoms with Crippen LogP contribution in [0.1, 0.15) is 20.7 Å². The number of hydrogen-bond acceptors (Lipinski definition) is 10. The van der Waals surface area contributed by atoms with Crippen LogP contribution in [0.2, 0.25) is 0 Å². The molecule has 0 fully saturated rings. The molecule has 0 aliphatic rings. The van der Waals surface area contributed by atoms with Crippen molar-refractivity contribution in [2.75, 3.05) is 90.2 Å². The minimum atomic E-state index is -0.942. The molecule has 0 aliphatic heterocycles. The number of nitrogens with two attached hydrogens (primary N) is 1. The number of thiophene rings is 1. The number of benzene rings is 1. The number of rotatable bonds is 21. The van der Waals surface area contributed by atoms with E-state index in [2.05, 4.69) is 10.6 Å². The van der Waals surface area contributed by atoms with E-state index in [1.807, 2.05) is 0 Å². The summed E-state index contributed by atoms with van der Waals surface area (Å²) in [7, 11) is 0. The average molecular weight is 526 g/mol. The number of carbonyl (C=O) groups is 2. The van der Waals surface area contributed by atoms with Crippen LogP contribution in [0, 0.1) is 0 Å². The van der Waals surface area contributed by atoms with Crippen LogP contribution in [0.3, 0.4) is 0 Å². The van der Waals surface area contributed by atoms with E-state index in [0.717, 1.165) is 5.69 Å². The number of carboxylic acid groups (broad SMARTS) is 1. The highest BCUT2D eigenvalue weighted by Crippen LogP contribution is 2.18. The Morgan fingerprint density at radius 3 is 1.72 bits per heavy atom. The number of nitrogen functional groups attached to an aromatic ring is 1. The number of anilines is 2. The first kappa shape index (κ1) is 29.5. The highest BCUT2D eigenvalue weighted by Gasteiger charge is 2.09. The first-order valence-corrected chi connectivity index (χ1v) is 12.5. The van der Waals surface area contributed by atoms with Crippen molar-refractivity contribution in [1.29, 1.82) is 0 Å². The first-order chi connectivity index (χ1) is 17.6. The van der Waals surface area contributed by atoms with Crippen molar-refractivity contribution in [3.05, 3.63) is 46.8 Å². The van der Waals surface area contributed by atoms with E-state index in [1.165, 1.54) is 11.3 Å². The van der Waals surface area contributed by atoms with E-state index < -0.39 is 5.97 Å². The standard InChI is InChI=1S/C24H35N3O8S/c25-22-21(5-18-36-22)23(28)27-7-9-32-11-13-34-15-17-35-16-14-33-12-10-31-8-6-26-20-3-1-19(2-4-20)24(29)30/h1-5,18,26H,6-17,25H2,(H,27,28)(H,29,30). The van der Waals surface area contributed by atoms with Gasteiger partial charge in [0, 0.05) is 18.8 Å². The molecule has 0 atom stereocenters. The summed E-state index contributed by atoms with van der Waals surface area (Å²) in [6.45, 7) is 5.66. The number of amides is 1. The van der Waals surface area contributed by atoms with Crippen LogP contribution < -0.4 is 16.4 Å². The van der Waals surface area contributed by atoms with Crippen molar-refractivity contribution in [2.45, 2.75) is 0 Å². The zero-order chi connectivity index (χ0) is 25.8. The molecule has 1 aromatic carbocycles. The molecule has 1 aromatic heterocycles. The third kappa shape index (κ3) is 12.8. The van der Waals surface area contributed by atoms with Gasteiger partial charge in [0.1, 0.15) is 0 Å². The van der Waals surface area contributed by atoms with Gasteiger partial charge in [-0.2, -0.15) is 0 Å². The summed E-state index contributed by atoms with van der Waals surface area (Å²) in [6, 6.07) is 8.25. The van der Waals surface area contributed by atoms with Gasteiger partial charge in [0.25, 0.3) is 5.91 Å². The Labute approximate surface area is 214 Å². The van der Waals surface area contributed by atoms with Crippen molar-refractivity contribution in [3.8, 4) is 0 Å². The summed E-state index contributed by atoms with van der Waals surface area (Å²) >= 11 is 1.33. The Morgan fingerprint density at radius 2 is 1.25 bits per heavy atom. The Bertz CT molecular complexity index is 879. The molecular formula is C24H35N3O8S. The van der Waals surface area contributed by atoms with E-state index in [-0.39, 0.29) is 11.5 Å². The molecule has 0 saturated carbocycles. The minimum Gasteiger partial charge on any atom is -0.478 e. The van der Waals surface area contributed by atoms with E-state index in [4.69, 9.17) is 34.5 Å². The van der Waals surface area contributed by atoms with E-state index in [1.54, 1.807) is 35.7 Å². The third-order valence-corrected chi connectivity index (χ3v) is 5.41. The lowest BCUT2D eigenvalue weighted by molar-refractivity contribution is -0.0101. The lowest BCUT2D eigenvalue weighted by Crippen LogP contribution is -2.27. The maximum atomic E-state index is 11.9. The van der Waals surface area contributed by atoms with Gasteiger partial charge in [-0.3, -0.25) is 4.79 Å². The highest BCUT2D eigenvalue weighted by atomic mass is 32.1. The third-order valence-electron chi connectivity index (χ3n) is 4.67. The predicted octanol–water partition coefficient (Wildman–Crippen LogP) is 1.95.